The van der Waals surface area contributed by atoms with E-state index in [1.54, 1.807) is 0 Å². The second kappa shape index (κ2) is 1.81. The second-order valence-corrected chi connectivity index (χ2v) is 1.99. The van der Waals surface area contributed by atoms with Crippen LogP contribution in [-0.4, -0.2) is 12.0 Å². The Morgan fingerprint density at radius 1 is 1.50 bits per heavy atom. The van der Waals surface area contributed by atoms with Crippen LogP contribution in [0.1, 0.15) is 6.92 Å². The van der Waals surface area contributed by atoms with Crippen LogP contribution in [0.3, 0.4) is 0 Å². The molecule has 0 amide bonds. The number of nitrogens with two attached hydrogens (primary N) is 1. The summed E-state index contributed by atoms with van der Waals surface area (Å²) in [5, 5.41) is 0. The first-order valence-corrected chi connectivity index (χ1v) is 2.20. The third-order valence-corrected chi connectivity index (χ3v) is 1.48. The van der Waals surface area contributed by atoms with Gasteiger partial charge in [0.1, 0.15) is 0 Å². The summed E-state index contributed by atoms with van der Waals surface area (Å²) in [5.74, 6) is -3.15. The van der Waals surface area contributed by atoms with Gasteiger partial charge in [-0.3, -0.25) is 0 Å². The highest BCUT2D eigenvalue weighted by molar-refractivity contribution is 5.85. The SMILES string of the molecule is C[C@H]1[C@H](N)C1(F)F.Cl. The molecule has 0 aromatic carbocycles. The largest absolute Gasteiger partial charge is 0.322 e. The molecule has 0 aromatic rings. The molecule has 1 aliphatic rings. The molecule has 0 radical (unpaired) electrons. The van der Waals surface area contributed by atoms with Gasteiger partial charge in [-0.25, -0.2) is 8.78 Å². The van der Waals surface area contributed by atoms with Crippen molar-refractivity contribution in [3.05, 3.63) is 0 Å². The zero-order valence-corrected chi connectivity index (χ0v) is 5.21. The number of rotatable bonds is 0. The second-order valence-electron chi connectivity index (χ2n) is 1.99. The quantitative estimate of drug-likeness (QED) is 0.539. The summed E-state index contributed by atoms with van der Waals surface area (Å²) in [5.41, 5.74) is 4.89. The maximum absolute atomic E-state index is 11.8. The van der Waals surface area contributed by atoms with Crippen molar-refractivity contribution in [2.24, 2.45) is 11.7 Å². The molecule has 0 aliphatic heterocycles. The molecule has 8 heavy (non-hydrogen) atoms. The van der Waals surface area contributed by atoms with Gasteiger partial charge >= 0.3 is 0 Å². The minimum absolute atomic E-state index is 0. The Hall–Kier alpha value is 0.110. The standard InChI is InChI=1S/C4H7F2N.ClH/c1-2-3(7)4(2,5)6;/h2-3H,7H2,1H3;1H/t2-,3-;/m0./s1. The van der Waals surface area contributed by atoms with Crippen LogP contribution in [0.4, 0.5) is 8.78 Å². The highest BCUT2D eigenvalue weighted by Gasteiger charge is 2.63. The minimum Gasteiger partial charge on any atom is -0.322 e. The average molecular weight is 144 g/mol. The van der Waals surface area contributed by atoms with Crippen LogP contribution < -0.4 is 5.73 Å². The van der Waals surface area contributed by atoms with Crippen molar-refractivity contribution in [1.29, 1.82) is 0 Å². The van der Waals surface area contributed by atoms with Crippen molar-refractivity contribution in [2.75, 3.05) is 0 Å². The summed E-state index contributed by atoms with van der Waals surface area (Å²) >= 11 is 0. The van der Waals surface area contributed by atoms with Crippen LogP contribution in [0.2, 0.25) is 0 Å². The molecule has 1 fully saturated rings. The van der Waals surface area contributed by atoms with Crippen molar-refractivity contribution in [3.63, 3.8) is 0 Å². The summed E-state index contributed by atoms with van der Waals surface area (Å²) in [6.45, 7) is 1.45. The first kappa shape index (κ1) is 8.11. The van der Waals surface area contributed by atoms with Crippen molar-refractivity contribution < 1.29 is 8.78 Å². The van der Waals surface area contributed by atoms with Gasteiger partial charge in [0.15, 0.2) is 0 Å². The van der Waals surface area contributed by atoms with Gasteiger partial charge in [0.05, 0.1) is 6.04 Å². The average Bonchev–Trinajstić information content (AvgIpc) is 1.91. The molecule has 0 heterocycles. The molecule has 1 aliphatic carbocycles. The summed E-state index contributed by atoms with van der Waals surface area (Å²) in [6.07, 6.45) is 0. The molecule has 4 heteroatoms. The van der Waals surface area contributed by atoms with E-state index in [4.69, 9.17) is 5.73 Å². The van der Waals surface area contributed by atoms with E-state index in [2.05, 4.69) is 0 Å². The van der Waals surface area contributed by atoms with Gasteiger partial charge in [-0.1, -0.05) is 6.92 Å². The van der Waals surface area contributed by atoms with E-state index in [1.165, 1.54) is 6.92 Å². The molecule has 0 saturated heterocycles. The predicted molar refractivity (Wildman–Crippen MR) is 29.3 cm³/mol. The fraction of sp³-hybridized carbons (Fsp3) is 1.00. The van der Waals surface area contributed by atoms with Gasteiger partial charge in [0.25, 0.3) is 5.92 Å². The van der Waals surface area contributed by atoms with E-state index < -0.39 is 17.9 Å². The Balaban J connectivity index is 0.000000490. The van der Waals surface area contributed by atoms with E-state index in [0.717, 1.165) is 0 Å². The van der Waals surface area contributed by atoms with Gasteiger partial charge in [-0.05, 0) is 0 Å². The number of halogens is 3. The Labute approximate surface area is 52.7 Å². The lowest BCUT2D eigenvalue weighted by Crippen LogP contribution is -2.08. The third-order valence-electron chi connectivity index (χ3n) is 1.48. The summed E-state index contributed by atoms with van der Waals surface area (Å²) in [4.78, 5) is 0. The van der Waals surface area contributed by atoms with Crippen LogP contribution in [0.15, 0.2) is 0 Å². The maximum atomic E-state index is 11.8. The molecular formula is C4H8ClF2N. The van der Waals surface area contributed by atoms with E-state index in [-0.39, 0.29) is 12.4 Å². The highest BCUT2D eigenvalue weighted by atomic mass is 35.5. The minimum atomic E-state index is -2.56. The van der Waals surface area contributed by atoms with Crippen molar-refractivity contribution in [3.8, 4) is 0 Å². The lowest BCUT2D eigenvalue weighted by Gasteiger charge is -1.83. The normalized spacial score (nSPS) is 40.5. The molecule has 1 nitrogen and oxygen atoms in total. The van der Waals surface area contributed by atoms with Crippen LogP contribution in [-0.2, 0) is 0 Å². The highest BCUT2D eigenvalue weighted by Crippen LogP contribution is 2.46. The van der Waals surface area contributed by atoms with Crippen LogP contribution in [0.25, 0.3) is 0 Å². The molecule has 2 N–H and O–H groups in total. The van der Waals surface area contributed by atoms with Crippen LogP contribution in [0, 0.1) is 5.92 Å². The number of hydrogen-bond acceptors (Lipinski definition) is 1. The fourth-order valence-electron chi connectivity index (χ4n) is 0.510. The Kier molecular flexibility index (Phi) is 1.83. The van der Waals surface area contributed by atoms with Crippen molar-refractivity contribution in [1.82, 2.24) is 0 Å². The first-order chi connectivity index (χ1) is 3.07. The van der Waals surface area contributed by atoms with Crippen LogP contribution in [0.5, 0.6) is 0 Å². The van der Waals surface area contributed by atoms with E-state index in [0.29, 0.717) is 0 Å². The fourth-order valence-corrected chi connectivity index (χ4v) is 0.510. The molecule has 50 valence electrons. The zero-order valence-electron chi connectivity index (χ0n) is 4.40. The van der Waals surface area contributed by atoms with Crippen molar-refractivity contribution >= 4 is 12.4 Å². The Bertz CT molecular complexity index is 86.0. The lowest BCUT2D eigenvalue weighted by atomic mass is 10.5. The molecule has 0 bridgehead atoms. The smallest absolute Gasteiger partial charge is 0.267 e. The van der Waals surface area contributed by atoms with E-state index in [1.807, 2.05) is 0 Å². The molecule has 2 atom stereocenters. The Morgan fingerprint density at radius 3 is 1.62 bits per heavy atom. The maximum Gasteiger partial charge on any atom is 0.267 e. The van der Waals surface area contributed by atoms with Gasteiger partial charge < -0.3 is 5.73 Å². The van der Waals surface area contributed by atoms with Crippen LogP contribution >= 0.6 is 12.4 Å². The summed E-state index contributed by atoms with van der Waals surface area (Å²) < 4.78 is 23.6. The van der Waals surface area contributed by atoms with Gasteiger partial charge in [0.2, 0.25) is 0 Å². The van der Waals surface area contributed by atoms with E-state index in [9.17, 15) is 8.78 Å². The van der Waals surface area contributed by atoms with Crippen molar-refractivity contribution in [2.45, 2.75) is 18.9 Å². The number of hydrogen-bond donors (Lipinski definition) is 1. The molecule has 1 saturated carbocycles. The molecular weight excluding hydrogens is 136 g/mol. The molecule has 0 unspecified atom stereocenters. The summed E-state index contributed by atoms with van der Waals surface area (Å²) in [7, 11) is 0. The monoisotopic (exact) mass is 143 g/mol. The predicted octanol–water partition coefficient (Wildman–Crippen LogP) is 1.02. The zero-order chi connectivity index (χ0) is 5.65. The first-order valence-electron chi connectivity index (χ1n) is 2.20. The third kappa shape index (κ3) is 0.801. The van der Waals surface area contributed by atoms with Gasteiger partial charge in [0, 0.05) is 5.92 Å². The van der Waals surface area contributed by atoms with Gasteiger partial charge in [-0.15, -0.1) is 12.4 Å². The molecule has 1 rings (SSSR count). The number of alkyl halides is 2. The summed E-state index contributed by atoms with van der Waals surface area (Å²) in [6, 6.07) is -0.868. The molecule has 0 aromatic heterocycles. The lowest BCUT2D eigenvalue weighted by molar-refractivity contribution is 0.0969. The molecule has 0 spiro atoms. The Morgan fingerprint density at radius 2 is 1.62 bits per heavy atom. The topological polar surface area (TPSA) is 26.0 Å². The van der Waals surface area contributed by atoms with Gasteiger partial charge in [-0.2, -0.15) is 0 Å². The van der Waals surface area contributed by atoms with E-state index >= 15 is 0 Å².